The minimum Gasteiger partial charge on any atom is -0.319 e. The lowest BCUT2D eigenvalue weighted by Crippen LogP contribution is -2.11. The van der Waals surface area contributed by atoms with Gasteiger partial charge in [-0.05, 0) is 30.7 Å². The number of hydrogen-bond acceptors (Lipinski definition) is 7. The zero-order valence-electron chi connectivity index (χ0n) is 13.5. The van der Waals surface area contributed by atoms with Gasteiger partial charge in [0.1, 0.15) is 6.54 Å². The van der Waals surface area contributed by atoms with Crippen LogP contribution in [0.4, 0.5) is 5.69 Å². The number of aromatic nitrogens is 4. The predicted octanol–water partition coefficient (Wildman–Crippen LogP) is 2.30. The monoisotopic (exact) mass is 377 g/mol. The summed E-state index contributed by atoms with van der Waals surface area (Å²) >= 11 is 3.18. The van der Waals surface area contributed by atoms with E-state index >= 15 is 0 Å². The Balaban J connectivity index is 1.72. The fourth-order valence-electron chi connectivity index (χ4n) is 2.14. The third-order valence-electron chi connectivity index (χ3n) is 3.30. The van der Waals surface area contributed by atoms with Crippen molar-refractivity contribution in [1.29, 1.82) is 0 Å². The van der Waals surface area contributed by atoms with Gasteiger partial charge in [-0.15, -0.1) is 23.5 Å². The van der Waals surface area contributed by atoms with Gasteiger partial charge in [-0.3, -0.25) is 19.0 Å². The van der Waals surface area contributed by atoms with Crippen molar-refractivity contribution in [2.45, 2.75) is 16.3 Å². The first-order chi connectivity index (χ1) is 12.1. The lowest BCUT2D eigenvalue weighted by molar-refractivity contribution is 0.102. The van der Waals surface area contributed by atoms with Crippen molar-refractivity contribution in [3.63, 3.8) is 0 Å². The van der Waals surface area contributed by atoms with E-state index in [4.69, 9.17) is 0 Å². The quantitative estimate of drug-likeness (QED) is 0.635. The first-order valence-corrected chi connectivity index (χ1v) is 9.64. The van der Waals surface area contributed by atoms with Gasteiger partial charge in [0, 0.05) is 21.6 Å². The number of aromatic amines is 1. The van der Waals surface area contributed by atoms with Crippen LogP contribution in [0.3, 0.4) is 0 Å². The van der Waals surface area contributed by atoms with Crippen molar-refractivity contribution in [2.24, 2.45) is 0 Å². The summed E-state index contributed by atoms with van der Waals surface area (Å²) in [7, 11) is 0. The van der Waals surface area contributed by atoms with Gasteiger partial charge >= 0.3 is 5.76 Å². The number of amides is 1. The molecular weight excluding hydrogens is 362 g/mol. The SMILES string of the molecule is CSc1cc(SC)cc(C(=O)Nc2cnn(Cc3noc(=O)[nH]3)c2)c1. The van der Waals surface area contributed by atoms with Crippen LogP contribution >= 0.6 is 23.5 Å². The highest BCUT2D eigenvalue weighted by molar-refractivity contribution is 7.99. The van der Waals surface area contributed by atoms with E-state index in [-0.39, 0.29) is 12.5 Å². The highest BCUT2D eigenvalue weighted by Gasteiger charge is 2.11. The first kappa shape index (κ1) is 17.4. The van der Waals surface area contributed by atoms with Crippen LogP contribution in [-0.4, -0.2) is 38.3 Å². The van der Waals surface area contributed by atoms with Crippen LogP contribution in [0, 0.1) is 0 Å². The van der Waals surface area contributed by atoms with Crippen LogP contribution < -0.4 is 11.1 Å². The number of thioether (sulfide) groups is 2. The van der Waals surface area contributed by atoms with Crippen molar-refractivity contribution in [2.75, 3.05) is 17.8 Å². The average molecular weight is 377 g/mol. The van der Waals surface area contributed by atoms with Crippen LogP contribution in [0.2, 0.25) is 0 Å². The number of rotatable bonds is 6. The fourth-order valence-corrected chi connectivity index (χ4v) is 3.19. The Morgan fingerprint density at radius 3 is 2.60 bits per heavy atom. The van der Waals surface area contributed by atoms with Gasteiger partial charge in [-0.1, -0.05) is 5.16 Å². The van der Waals surface area contributed by atoms with Gasteiger partial charge in [0.05, 0.1) is 11.9 Å². The van der Waals surface area contributed by atoms with Gasteiger partial charge in [-0.25, -0.2) is 4.79 Å². The average Bonchev–Trinajstić information content (AvgIpc) is 3.23. The lowest BCUT2D eigenvalue weighted by Gasteiger charge is -2.07. The molecule has 0 spiro atoms. The molecule has 0 aliphatic rings. The Labute approximate surface area is 151 Å². The summed E-state index contributed by atoms with van der Waals surface area (Å²) in [5.41, 5.74) is 1.14. The molecule has 10 heteroatoms. The Hall–Kier alpha value is -2.46. The van der Waals surface area contributed by atoms with Crippen LogP contribution in [0.1, 0.15) is 16.2 Å². The second kappa shape index (κ2) is 7.62. The van der Waals surface area contributed by atoms with Crippen molar-refractivity contribution in [3.05, 3.63) is 52.5 Å². The van der Waals surface area contributed by atoms with Gasteiger partial charge in [0.25, 0.3) is 5.91 Å². The molecule has 1 amide bonds. The molecular formula is C15H15N5O3S2. The van der Waals surface area contributed by atoms with Crippen LogP contribution in [-0.2, 0) is 6.54 Å². The molecule has 0 atom stereocenters. The van der Waals surface area contributed by atoms with Crippen LogP contribution in [0.5, 0.6) is 0 Å². The van der Waals surface area contributed by atoms with Crippen molar-refractivity contribution in [1.82, 2.24) is 19.9 Å². The van der Waals surface area contributed by atoms with Gasteiger partial charge < -0.3 is 5.32 Å². The number of carbonyl (C=O) groups excluding carboxylic acids is 1. The predicted molar refractivity (Wildman–Crippen MR) is 96.4 cm³/mol. The van der Waals surface area contributed by atoms with E-state index < -0.39 is 5.76 Å². The number of hydrogen-bond donors (Lipinski definition) is 2. The number of H-pyrrole nitrogens is 1. The summed E-state index contributed by atoms with van der Waals surface area (Å²) in [5.74, 6) is -0.474. The van der Waals surface area contributed by atoms with E-state index in [1.165, 1.54) is 10.9 Å². The smallest absolute Gasteiger partial charge is 0.319 e. The Kier molecular flexibility index (Phi) is 5.29. The number of nitrogens with one attached hydrogen (secondary N) is 2. The molecule has 25 heavy (non-hydrogen) atoms. The van der Waals surface area contributed by atoms with Crippen molar-refractivity contribution in [3.8, 4) is 0 Å². The zero-order valence-corrected chi connectivity index (χ0v) is 15.1. The standard InChI is InChI=1S/C15H15N5O3S2/c1-24-11-3-9(4-12(5-11)25-2)14(21)17-10-6-16-20(7-10)8-13-18-15(22)23-19-13/h3-7H,8H2,1-2H3,(H,17,21)(H,18,19,22). The van der Waals surface area contributed by atoms with Crippen molar-refractivity contribution < 1.29 is 9.32 Å². The molecule has 1 aromatic carbocycles. The van der Waals surface area contributed by atoms with E-state index in [1.54, 1.807) is 29.7 Å². The number of anilines is 1. The summed E-state index contributed by atoms with van der Waals surface area (Å²) in [5, 5.41) is 10.5. The molecule has 3 aromatic rings. The molecule has 130 valence electrons. The molecule has 0 bridgehead atoms. The highest BCUT2D eigenvalue weighted by Crippen LogP contribution is 2.25. The highest BCUT2D eigenvalue weighted by atomic mass is 32.2. The van der Waals surface area contributed by atoms with Crippen LogP contribution in [0.15, 0.2) is 49.7 Å². The van der Waals surface area contributed by atoms with E-state index in [9.17, 15) is 9.59 Å². The van der Waals surface area contributed by atoms with E-state index in [0.29, 0.717) is 17.1 Å². The van der Waals surface area contributed by atoms with Gasteiger partial charge in [0.15, 0.2) is 5.82 Å². The Bertz CT molecular complexity index is 924. The molecule has 0 aliphatic heterocycles. The molecule has 2 heterocycles. The molecule has 8 nitrogen and oxygen atoms in total. The minimum atomic E-state index is -0.617. The molecule has 0 saturated carbocycles. The summed E-state index contributed by atoms with van der Waals surface area (Å²) < 4.78 is 5.97. The maximum absolute atomic E-state index is 12.5. The largest absolute Gasteiger partial charge is 0.438 e. The molecule has 0 saturated heterocycles. The zero-order chi connectivity index (χ0) is 17.8. The fraction of sp³-hybridized carbons (Fsp3) is 0.200. The van der Waals surface area contributed by atoms with Gasteiger partial charge in [0.2, 0.25) is 0 Å². The molecule has 2 aromatic heterocycles. The maximum Gasteiger partial charge on any atom is 0.438 e. The van der Waals surface area contributed by atoms with Gasteiger partial charge in [-0.2, -0.15) is 5.10 Å². The van der Waals surface area contributed by atoms with E-state index in [1.807, 2.05) is 30.7 Å². The summed E-state index contributed by atoms with van der Waals surface area (Å²) in [6, 6.07) is 5.75. The summed E-state index contributed by atoms with van der Waals surface area (Å²) in [6.07, 6.45) is 7.13. The number of nitrogens with zero attached hydrogens (tertiary/aromatic N) is 3. The summed E-state index contributed by atoms with van der Waals surface area (Å²) in [6.45, 7) is 0.236. The second-order valence-electron chi connectivity index (χ2n) is 5.02. The first-order valence-electron chi connectivity index (χ1n) is 7.19. The molecule has 2 N–H and O–H groups in total. The molecule has 3 rings (SSSR count). The van der Waals surface area contributed by atoms with Crippen LogP contribution in [0.25, 0.3) is 0 Å². The number of carbonyl (C=O) groups is 1. The van der Waals surface area contributed by atoms with E-state index in [0.717, 1.165) is 9.79 Å². The molecule has 0 fully saturated rings. The normalized spacial score (nSPS) is 10.8. The summed E-state index contributed by atoms with van der Waals surface area (Å²) in [4.78, 5) is 27.9. The Morgan fingerprint density at radius 1 is 1.28 bits per heavy atom. The Morgan fingerprint density at radius 2 is 2.00 bits per heavy atom. The van der Waals surface area contributed by atoms with Crippen molar-refractivity contribution >= 4 is 35.1 Å². The second-order valence-corrected chi connectivity index (χ2v) is 6.78. The third kappa shape index (κ3) is 4.34. The van der Waals surface area contributed by atoms with E-state index in [2.05, 4.69) is 25.1 Å². The topological polar surface area (TPSA) is 106 Å². The maximum atomic E-state index is 12.5. The molecule has 0 aliphatic carbocycles. The molecule has 0 unspecified atom stereocenters. The molecule has 0 radical (unpaired) electrons. The number of benzene rings is 1. The minimum absolute atomic E-state index is 0.208. The lowest BCUT2D eigenvalue weighted by atomic mass is 10.2. The third-order valence-corrected chi connectivity index (χ3v) is 4.72.